The topological polar surface area (TPSA) is 195 Å². The lowest BCUT2D eigenvalue weighted by Gasteiger charge is -2.10. The summed E-state index contributed by atoms with van der Waals surface area (Å²) in [6.07, 6.45) is 0. The molecule has 3 aromatic carbocycles. The molecule has 14 nitrogen and oxygen atoms in total. The molecule has 0 aliphatic carbocycles. The summed E-state index contributed by atoms with van der Waals surface area (Å²) < 4.78 is 38.0. The molecule has 3 aromatic rings. The molecule has 0 aliphatic heterocycles. The van der Waals surface area contributed by atoms with Crippen molar-refractivity contribution in [2.24, 2.45) is 10.2 Å². The number of anilines is 1. The Morgan fingerprint density at radius 3 is 2.43 bits per heavy atom. The van der Waals surface area contributed by atoms with Gasteiger partial charge in [-0.2, -0.15) is 5.11 Å². The number of azo groups is 1. The number of carbonyl (C=O) groups excluding carboxylic acids is 1. The number of hydrogen-bond donors (Lipinski definition) is 4. The Balaban J connectivity index is 1.84. The van der Waals surface area contributed by atoms with Crippen LogP contribution in [-0.4, -0.2) is 42.3 Å². The van der Waals surface area contributed by atoms with Crippen molar-refractivity contribution in [3.05, 3.63) is 48.5 Å². The summed E-state index contributed by atoms with van der Waals surface area (Å²) in [6.45, 7) is 1.13. The quantitative estimate of drug-likeness (QED) is 0.0692. The van der Waals surface area contributed by atoms with Crippen LogP contribution in [0.3, 0.4) is 0 Å². The van der Waals surface area contributed by atoms with Gasteiger partial charge in [0.1, 0.15) is 5.69 Å². The Morgan fingerprint density at radius 2 is 1.76 bits per heavy atom. The van der Waals surface area contributed by atoms with E-state index >= 15 is 0 Å². The third-order valence-electron chi connectivity index (χ3n) is 4.53. The van der Waals surface area contributed by atoms with Gasteiger partial charge in [0.2, 0.25) is 5.91 Å². The average Bonchev–Trinajstić information content (AvgIpc) is 2.86. The van der Waals surface area contributed by atoms with E-state index in [9.17, 15) is 18.3 Å². The first kappa shape index (κ1) is 28.7. The SMILES string of the molecule is CC(=O)Nc1ccc2c(O)c(N=Nc3ccc(S(=O)(=O)CCOSOOO)cc3)c(SOOO)cc2c1. The molecule has 37 heavy (non-hydrogen) atoms. The summed E-state index contributed by atoms with van der Waals surface area (Å²) in [6, 6.07) is 11.8. The number of amides is 1. The van der Waals surface area contributed by atoms with Crippen LogP contribution in [0.1, 0.15) is 6.92 Å². The Morgan fingerprint density at radius 1 is 1.03 bits per heavy atom. The lowest BCUT2D eigenvalue weighted by molar-refractivity contribution is -0.434. The second-order valence-corrected chi connectivity index (χ2v) is 10.3. The van der Waals surface area contributed by atoms with Gasteiger partial charge in [-0.05, 0) is 53.9 Å². The highest BCUT2D eigenvalue weighted by molar-refractivity contribution is 7.94. The van der Waals surface area contributed by atoms with Gasteiger partial charge in [0.15, 0.2) is 27.9 Å². The van der Waals surface area contributed by atoms with Crippen LogP contribution in [0.5, 0.6) is 5.75 Å². The number of benzene rings is 3. The molecule has 0 saturated carbocycles. The van der Waals surface area contributed by atoms with Gasteiger partial charge in [0.05, 0.1) is 39.9 Å². The second-order valence-electron chi connectivity index (χ2n) is 6.96. The first-order chi connectivity index (χ1) is 17.7. The molecule has 0 unspecified atom stereocenters. The number of phenolic OH excluding ortho intramolecular Hbond substituents is 1. The number of nitrogens with zero attached hydrogens (tertiary/aromatic N) is 2. The minimum atomic E-state index is -3.68. The molecule has 1 amide bonds. The number of fused-ring (bicyclic) bond motifs is 1. The fraction of sp³-hybridized carbons (Fsp3) is 0.150. The van der Waals surface area contributed by atoms with Crippen molar-refractivity contribution < 1.29 is 51.8 Å². The van der Waals surface area contributed by atoms with E-state index in [2.05, 4.69) is 34.3 Å². The van der Waals surface area contributed by atoms with E-state index in [0.717, 1.165) is 0 Å². The van der Waals surface area contributed by atoms with Crippen LogP contribution in [0.25, 0.3) is 10.8 Å². The monoisotopic (exact) mass is 573 g/mol. The zero-order valence-electron chi connectivity index (χ0n) is 18.8. The van der Waals surface area contributed by atoms with E-state index < -0.39 is 9.84 Å². The van der Waals surface area contributed by atoms with E-state index in [1.807, 2.05) is 0 Å². The number of hydrogen-bond acceptors (Lipinski definition) is 15. The van der Waals surface area contributed by atoms with Gasteiger partial charge in [-0.1, -0.05) is 10.1 Å². The molecule has 0 spiro atoms. The number of nitrogens with one attached hydrogen (secondary N) is 1. The fourth-order valence-corrected chi connectivity index (χ4v) is 4.91. The summed E-state index contributed by atoms with van der Waals surface area (Å²) in [5, 5.41) is 46.0. The summed E-state index contributed by atoms with van der Waals surface area (Å²) >= 11 is 0.826. The van der Waals surface area contributed by atoms with Crippen molar-refractivity contribution in [3.8, 4) is 5.75 Å². The van der Waals surface area contributed by atoms with Crippen LogP contribution in [0.15, 0.2) is 68.6 Å². The highest BCUT2D eigenvalue weighted by Gasteiger charge is 2.17. The molecule has 0 bridgehead atoms. The molecule has 0 saturated heterocycles. The largest absolute Gasteiger partial charge is 0.505 e. The third-order valence-corrected chi connectivity index (χ3v) is 7.22. The molecule has 0 aliphatic rings. The Labute approximate surface area is 218 Å². The highest BCUT2D eigenvalue weighted by Crippen LogP contribution is 2.44. The van der Waals surface area contributed by atoms with Gasteiger partial charge < -0.3 is 10.4 Å². The zero-order valence-corrected chi connectivity index (χ0v) is 21.2. The van der Waals surface area contributed by atoms with E-state index in [1.54, 1.807) is 24.3 Å². The van der Waals surface area contributed by atoms with Crippen molar-refractivity contribution in [1.29, 1.82) is 0 Å². The summed E-state index contributed by atoms with van der Waals surface area (Å²) in [7, 11) is -3.68. The van der Waals surface area contributed by atoms with Crippen molar-refractivity contribution in [2.45, 2.75) is 16.7 Å². The Bertz CT molecular complexity index is 1370. The first-order valence-corrected chi connectivity index (χ1v) is 13.0. The summed E-state index contributed by atoms with van der Waals surface area (Å²) in [5.41, 5.74) is 0.759. The van der Waals surface area contributed by atoms with E-state index in [-0.39, 0.29) is 57.5 Å². The average molecular weight is 574 g/mol. The summed E-state index contributed by atoms with van der Waals surface area (Å²) in [4.78, 5) is 11.6. The van der Waals surface area contributed by atoms with Crippen LogP contribution in [-0.2, 0) is 37.6 Å². The Kier molecular flexibility index (Phi) is 10.6. The molecule has 0 aromatic heterocycles. The van der Waals surface area contributed by atoms with E-state index in [4.69, 9.17) is 14.7 Å². The van der Waals surface area contributed by atoms with Crippen LogP contribution >= 0.6 is 24.4 Å². The van der Waals surface area contributed by atoms with Gasteiger partial charge in [-0.3, -0.25) is 8.98 Å². The maximum absolute atomic E-state index is 12.4. The molecule has 0 atom stereocenters. The standard InChI is InChI=1S/C20H19N3O11S3/c1-12(24)21-15-4-7-17-13(10-15)11-18(35-33-31-26)19(20(17)25)23-22-14-2-5-16(6-3-14)37(28,29)9-8-30-36-34-32-27/h2-7,10-11,25-27H,8-9H2,1H3,(H,21,24). The smallest absolute Gasteiger partial charge is 0.221 e. The number of aromatic hydroxyl groups is 1. The van der Waals surface area contributed by atoms with E-state index in [0.29, 0.717) is 28.5 Å². The molecule has 4 N–H and O–H groups in total. The van der Waals surface area contributed by atoms with Crippen LogP contribution in [0, 0.1) is 0 Å². The van der Waals surface area contributed by atoms with Crippen LogP contribution in [0.2, 0.25) is 0 Å². The number of phenols is 1. The number of rotatable bonds is 13. The molecule has 0 heterocycles. The lowest BCUT2D eigenvalue weighted by Crippen LogP contribution is -2.10. The van der Waals surface area contributed by atoms with Gasteiger partial charge >= 0.3 is 0 Å². The highest BCUT2D eigenvalue weighted by atomic mass is 32.2. The van der Waals surface area contributed by atoms with Crippen molar-refractivity contribution in [2.75, 3.05) is 17.7 Å². The minimum absolute atomic E-state index is 0.00708. The van der Waals surface area contributed by atoms with Crippen molar-refractivity contribution in [3.63, 3.8) is 0 Å². The predicted octanol–water partition coefficient (Wildman–Crippen LogP) is 5.12. The van der Waals surface area contributed by atoms with Crippen LogP contribution in [0.4, 0.5) is 17.1 Å². The summed E-state index contributed by atoms with van der Waals surface area (Å²) in [5.74, 6) is -0.889. The first-order valence-electron chi connectivity index (χ1n) is 9.98. The zero-order chi connectivity index (χ0) is 26.8. The number of carbonyl (C=O) groups is 1. The molecule has 0 fully saturated rings. The second kappa shape index (κ2) is 13.6. The maximum Gasteiger partial charge on any atom is 0.221 e. The van der Waals surface area contributed by atoms with Gasteiger partial charge in [0, 0.05) is 18.0 Å². The predicted molar refractivity (Wildman–Crippen MR) is 132 cm³/mol. The normalized spacial score (nSPS) is 11.9. The molecule has 0 radical (unpaired) electrons. The Hall–Kier alpha value is -2.84. The third kappa shape index (κ3) is 8.07. The van der Waals surface area contributed by atoms with Gasteiger partial charge in [-0.15, -0.1) is 13.8 Å². The molecule has 17 heteroatoms. The minimum Gasteiger partial charge on any atom is -0.505 e. The van der Waals surface area contributed by atoms with Crippen LogP contribution < -0.4 is 5.32 Å². The van der Waals surface area contributed by atoms with Crippen molar-refractivity contribution >= 4 is 67.9 Å². The van der Waals surface area contributed by atoms with E-state index in [1.165, 1.54) is 31.2 Å². The molecular formula is C20H19N3O11S3. The number of sulfone groups is 1. The van der Waals surface area contributed by atoms with Gasteiger partial charge in [0.25, 0.3) is 0 Å². The van der Waals surface area contributed by atoms with Crippen molar-refractivity contribution in [1.82, 2.24) is 0 Å². The molecular weight excluding hydrogens is 554 g/mol. The fourth-order valence-electron chi connectivity index (χ4n) is 3.00. The van der Waals surface area contributed by atoms with Gasteiger partial charge in [-0.25, -0.2) is 18.9 Å². The lowest BCUT2D eigenvalue weighted by atomic mass is 10.1. The molecule has 198 valence electrons. The molecule has 3 rings (SSSR count). The maximum atomic E-state index is 12.4.